The van der Waals surface area contributed by atoms with Gasteiger partial charge in [-0.25, -0.2) is 0 Å². The van der Waals surface area contributed by atoms with Crippen LogP contribution in [0, 0.1) is 0 Å². The first-order valence-electron chi connectivity index (χ1n) is 8.83. The Labute approximate surface area is 144 Å². The summed E-state index contributed by atoms with van der Waals surface area (Å²) in [6.45, 7) is 10.6. The normalized spacial score (nSPS) is 15.8. The summed E-state index contributed by atoms with van der Waals surface area (Å²) in [5, 5.41) is 1.28. The Morgan fingerprint density at radius 3 is 2.71 bits per heavy atom. The van der Waals surface area contributed by atoms with Crippen LogP contribution in [0.15, 0.2) is 42.6 Å². The van der Waals surface area contributed by atoms with Crippen molar-refractivity contribution >= 4 is 16.8 Å². The van der Waals surface area contributed by atoms with Gasteiger partial charge in [0.2, 0.25) is 5.91 Å². The standard InChI is InChI=1S/C20H27N3O/c1-16(2)15-22-10-12-23(13-11-22)20(24)9-5-6-17-14-21-19-8-4-3-7-18(17)19/h3-4,7-8,14,21H,1,5-6,9-13,15H2,2H3. The molecule has 128 valence electrons. The molecule has 0 bridgehead atoms. The lowest BCUT2D eigenvalue weighted by Gasteiger charge is -2.34. The van der Waals surface area contributed by atoms with Gasteiger partial charge in [0.25, 0.3) is 0 Å². The van der Waals surface area contributed by atoms with E-state index in [9.17, 15) is 4.79 Å². The lowest BCUT2D eigenvalue weighted by atomic mass is 10.1. The van der Waals surface area contributed by atoms with Crippen LogP contribution in [0.3, 0.4) is 0 Å². The van der Waals surface area contributed by atoms with Gasteiger partial charge in [0.1, 0.15) is 0 Å². The summed E-state index contributed by atoms with van der Waals surface area (Å²) in [4.78, 5) is 20.1. The number of amides is 1. The number of aromatic amines is 1. The number of para-hydroxylation sites is 1. The van der Waals surface area contributed by atoms with Gasteiger partial charge in [-0.05, 0) is 31.4 Å². The molecule has 2 aromatic rings. The molecule has 1 saturated heterocycles. The zero-order valence-corrected chi connectivity index (χ0v) is 14.6. The van der Waals surface area contributed by atoms with Crippen molar-refractivity contribution < 1.29 is 4.79 Å². The minimum atomic E-state index is 0.296. The van der Waals surface area contributed by atoms with Gasteiger partial charge in [-0.3, -0.25) is 9.69 Å². The minimum Gasteiger partial charge on any atom is -0.361 e. The number of nitrogens with one attached hydrogen (secondary N) is 1. The monoisotopic (exact) mass is 325 g/mol. The predicted molar refractivity (Wildman–Crippen MR) is 99.1 cm³/mol. The highest BCUT2D eigenvalue weighted by Crippen LogP contribution is 2.19. The number of carbonyl (C=O) groups is 1. The average Bonchev–Trinajstić information content (AvgIpc) is 2.98. The van der Waals surface area contributed by atoms with Crippen LogP contribution in [0.1, 0.15) is 25.3 Å². The van der Waals surface area contributed by atoms with Crippen LogP contribution in [-0.4, -0.2) is 53.4 Å². The van der Waals surface area contributed by atoms with E-state index < -0.39 is 0 Å². The largest absolute Gasteiger partial charge is 0.361 e. The zero-order valence-electron chi connectivity index (χ0n) is 14.6. The first kappa shape index (κ1) is 16.8. The molecule has 2 heterocycles. The molecule has 1 N–H and O–H groups in total. The van der Waals surface area contributed by atoms with E-state index >= 15 is 0 Å². The quantitative estimate of drug-likeness (QED) is 0.828. The van der Waals surface area contributed by atoms with E-state index in [-0.39, 0.29) is 0 Å². The van der Waals surface area contributed by atoms with Gasteiger partial charge in [-0.2, -0.15) is 0 Å². The van der Waals surface area contributed by atoms with Crippen molar-refractivity contribution in [3.63, 3.8) is 0 Å². The molecule has 1 amide bonds. The smallest absolute Gasteiger partial charge is 0.222 e. The maximum atomic E-state index is 12.4. The molecule has 0 unspecified atom stereocenters. The van der Waals surface area contributed by atoms with Crippen molar-refractivity contribution in [2.24, 2.45) is 0 Å². The Kier molecular flexibility index (Phi) is 5.36. The fourth-order valence-electron chi connectivity index (χ4n) is 3.46. The van der Waals surface area contributed by atoms with Crippen molar-refractivity contribution in [3.05, 3.63) is 48.2 Å². The van der Waals surface area contributed by atoms with Crippen molar-refractivity contribution in [3.8, 4) is 0 Å². The lowest BCUT2D eigenvalue weighted by Crippen LogP contribution is -2.48. The molecule has 0 spiro atoms. The Morgan fingerprint density at radius 2 is 1.96 bits per heavy atom. The number of aromatic nitrogens is 1. The summed E-state index contributed by atoms with van der Waals surface area (Å²) < 4.78 is 0. The molecule has 0 atom stereocenters. The fraction of sp³-hybridized carbons (Fsp3) is 0.450. The van der Waals surface area contributed by atoms with Gasteiger partial charge in [-0.1, -0.05) is 30.4 Å². The second-order valence-electron chi connectivity index (χ2n) is 6.83. The molecule has 3 rings (SSSR count). The molecule has 4 nitrogen and oxygen atoms in total. The second-order valence-corrected chi connectivity index (χ2v) is 6.83. The third kappa shape index (κ3) is 4.06. The molecule has 0 aliphatic carbocycles. The van der Waals surface area contributed by atoms with Crippen LogP contribution < -0.4 is 0 Å². The van der Waals surface area contributed by atoms with Crippen LogP contribution in [0.5, 0.6) is 0 Å². The third-order valence-corrected chi connectivity index (χ3v) is 4.73. The number of H-pyrrole nitrogens is 1. The van der Waals surface area contributed by atoms with Gasteiger partial charge >= 0.3 is 0 Å². The Balaban J connectivity index is 1.44. The molecule has 1 fully saturated rings. The van der Waals surface area contributed by atoms with E-state index in [4.69, 9.17) is 0 Å². The number of fused-ring (bicyclic) bond motifs is 1. The van der Waals surface area contributed by atoms with Gasteiger partial charge in [0, 0.05) is 56.2 Å². The van der Waals surface area contributed by atoms with Crippen LogP contribution in [-0.2, 0) is 11.2 Å². The molecule has 0 radical (unpaired) electrons. The molecule has 24 heavy (non-hydrogen) atoms. The van der Waals surface area contributed by atoms with E-state index in [1.165, 1.54) is 22.0 Å². The predicted octanol–water partition coefficient (Wildman–Crippen LogP) is 3.21. The summed E-state index contributed by atoms with van der Waals surface area (Å²) in [5.41, 5.74) is 3.67. The third-order valence-electron chi connectivity index (χ3n) is 4.73. The van der Waals surface area contributed by atoms with Crippen molar-refractivity contribution in [1.29, 1.82) is 0 Å². The summed E-state index contributed by atoms with van der Waals surface area (Å²) in [6.07, 6.45) is 4.57. The Morgan fingerprint density at radius 1 is 1.21 bits per heavy atom. The van der Waals surface area contributed by atoms with Crippen LogP contribution >= 0.6 is 0 Å². The number of piperazine rings is 1. The molecular formula is C20H27N3O. The number of nitrogens with zero attached hydrogens (tertiary/aromatic N) is 2. The summed E-state index contributed by atoms with van der Waals surface area (Å²) >= 11 is 0. The number of hydrogen-bond donors (Lipinski definition) is 1. The van der Waals surface area contributed by atoms with Crippen molar-refractivity contribution in [1.82, 2.24) is 14.8 Å². The number of aryl methyl sites for hydroxylation is 1. The average molecular weight is 325 g/mol. The zero-order chi connectivity index (χ0) is 16.9. The fourth-order valence-corrected chi connectivity index (χ4v) is 3.46. The van der Waals surface area contributed by atoms with Crippen molar-refractivity contribution in [2.45, 2.75) is 26.2 Å². The number of hydrogen-bond acceptors (Lipinski definition) is 2. The SMILES string of the molecule is C=C(C)CN1CCN(C(=O)CCCc2c[nH]c3ccccc23)CC1. The molecule has 0 saturated carbocycles. The number of carbonyl (C=O) groups excluding carboxylic acids is 1. The molecule has 1 aromatic heterocycles. The summed E-state index contributed by atoms with van der Waals surface area (Å²) in [5.74, 6) is 0.296. The van der Waals surface area contributed by atoms with E-state index in [0.29, 0.717) is 12.3 Å². The van der Waals surface area contributed by atoms with Gasteiger partial charge in [0.05, 0.1) is 0 Å². The molecule has 1 aliphatic heterocycles. The van der Waals surface area contributed by atoms with Gasteiger partial charge in [0.15, 0.2) is 0 Å². The van der Waals surface area contributed by atoms with E-state index in [2.05, 4.69) is 47.8 Å². The maximum absolute atomic E-state index is 12.4. The minimum absolute atomic E-state index is 0.296. The highest BCUT2D eigenvalue weighted by atomic mass is 16.2. The van der Waals surface area contributed by atoms with E-state index in [1.54, 1.807) is 0 Å². The lowest BCUT2D eigenvalue weighted by molar-refractivity contribution is -0.132. The molecule has 1 aromatic carbocycles. The first-order chi connectivity index (χ1) is 11.6. The van der Waals surface area contributed by atoms with Crippen molar-refractivity contribution in [2.75, 3.05) is 32.7 Å². The highest BCUT2D eigenvalue weighted by molar-refractivity contribution is 5.83. The van der Waals surface area contributed by atoms with E-state index in [0.717, 1.165) is 45.6 Å². The molecule has 4 heteroatoms. The Hall–Kier alpha value is -2.07. The first-order valence-corrected chi connectivity index (χ1v) is 8.83. The van der Waals surface area contributed by atoms with E-state index in [1.807, 2.05) is 11.0 Å². The summed E-state index contributed by atoms with van der Waals surface area (Å²) in [7, 11) is 0. The highest BCUT2D eigenvalue weighted by Gasteiger charge is 2.20. The maximum Gasteiger partial charge on any atom is 0.222 e. The summed E-state index contributed by atoms with van der Waals surface area (Å²) in [6, 6.07) is 8.34. The number of rotatable bonds is 6. The van der Waals surface area contributed by atoms with Crippen LogP contribution in [0.25, 0.3) is 10.9 Å². The van der Waals surface area contributed by atoms with Crippen LogP contribution in [0.4, 0.5) is 0 Å². The second kappa shape index (κ2) is 7.67. The molecule has 1 aliphatic rings. The van der Waals surface area contributed by atoms with Gasteiger partial charge < -0.3 is 9.88 Å². The Bertz CT molecular complexity index is 710. The topological polar surface area (TPSA) is 39.3 Å². The number of benzene rings is 1. The van der Waals surface area contributed by atoms with Gasteiger partial charge in [-0.15, -0.1) is 0 Å². The molecular weight excluding hydrogens is 298 g/mol. The van der Waals surface area contributed by atoms with Crippen LogP contribution in [0.2, 0.25) is 0 Å².